The van der Waals surface area contributed by atoms with Gasteiger partial charge in [0.2, 0.25) is 0 Å². The Morgan fingerprint density at radius 3 is 2.42 bits per heavy atom. The molecule has 1 saturated carbocycles. The summed E-state index contributed by atoms with van der Waals surface area (Å²) in [6.07, 6.45) is 8.65. The highest BCUT2D eigenvalue weighted by Gasteiger charge is 2.22. The van der Waals surface area contributed by atoms with Gasteiger partial charge in [0.1, 0.15) is 5.82 Å². The van der Waals surface area contributed by atoms with Crippen LogP contribution in [0.15, 0.2) is 55.1 Å². The summed E-state index contributed by atoms with van der Waals surface area (Å²) in [4.78, 5) is 0. The van der Waals surface area contributed by atoms with Gasteiger partial charge in [0.15, 0.2) is 0 Å². The first-order valence-electron chi connectivity index (χ1n) is 9.82. The van der Waals surface area contributed by atoms with Crippen LogP contribution >= 0.6 is 0 Å². The zero-order valence-corrected chi connectivity index (χ0v) is 15.7. The first kappa shape index (κ1) is 18.8. The maximum Gasteiger partial charge on any atom is 0.131 e. The van der Waals surface area contributed by atoms with Crippen LogP contribution in [0.1, 0.15) is 56.1 Å². The van der Waals surface area contributed by atoms with E-state index in [-0.39, 0.29) is 5.82 Å². The number of rotatable bonds is 7. The van der Waals surface area contributed by atoms with Crippen LogP contribution < -0.4 is 0 Å². The van der Waals surface area contributed by atoms with Crippen molar-refractivity contribution in [2.24, 2.45) is 0 Å². The molecule has 2 aromatic carbocycles. The minimum atomic E-state index is -0.142. The molecule has 2 heteroatoms. The second kappa shape index (κ2) is 9.14. The van der Waals surface area contributed by atoms with Crippen LogP contribution in [-0.4, -0.2) is 12.7 Å². The summed E-state index contributed by atoms with van der Waals surface area (Å²) in [7, 11) is 0. The number of ether oxygens (including phenoxy) is 1. The smallest absolute Gasteiger partial charge is 0.131 e. The topological polar surface area (TPSA) is 9.23 Å². The highest BCUT2D eigenvalue weighted by Crippen LogP contribution is 2.35. The lowest BCUT2D eigenvalue weighted by Crippen LogP contribution is -2.20. The van der Waals surface area contributed by atoms with Gasteiger partial charge >= 0.3 is 0 Å². The zero-order chi connectivity index (χ0) is 18.4. The second-order valence-corrected chi connectivity index (χ2v) is 7.19. The van der Waals surface area contributed by atoms with Crippen LogP contribution in [0.2, 0.25) is 0 Å². The minimum absolute atomic E-state index is 0.142. The zero-order valence-electron chi connectivity index (χ0n) is 15.7. The lowest BCUT2D eigenvalue weighted by Gasteiger charge is -2.28. The normalized spacial score (nSPS) is 20.1. The van der Waals surface area contributed by atoms with Crippen molar-refractivity contribution in [2.75, 3.05) is 6.61 Å². The first-order chi connectivity index (χ1) is 12.7. The van der Waals surface area contributed by atoms with Crippen molar-refractivity contribution in [3.8, 4) is 11.1 Å². The average molecular weight is 352 g/mol. The van der Waals surface area contributed by atoms with Gasteiger partial charge in [0.25, 0.3) is 0 Å². The van der Waals surface area contributed by atoms with Crippen LogP contribution in [0.3, 0.4) is 0 Å². The van der Waals surface area contributed by atoms with Gasteiger partial charge in [-0.3, -0.25) is 0 Å². The summed E-state index contributed by atoms with van der Waals surface area (Å²) in [5.74, 6) is 0.461. The Kier molecular flexibility index (Phi) is 6.62. The summed E-state index contributed by atoms with van der Waals surface area (Å²) >= 11 is 0. The molecule has 0 aliphatic heterocycles. The Labute approximate surface area is 156 Å². The molecule has 1 aliphatic rings. The Balaban J connectivity index is 1.67. The molecule has 0 bridgehead atoms. The van der Waals surface area contributed by atoms with Crippen molar-refractivity contribution in [2.45, 2.75) is 57.5 Å². The summed E-state index contributed by atoms with van der Waals surface area (Å²) in [6, 6.07) is 14.0. The summed E-state index contributed by atoms with van der Waals surface area (Å²) < 4.78 is 20.2. The highest BCUT2D eigenvalue weighted by molar-refractivity contribution is 5.65. The van der Waals surface area contributed by atoms with E-state index in [4.69, 9.17) is 4.74 Å². The van der Waals surface area contributed by atoms with Crippen molar-refractivity contribution in [1.82, 2.24) is 0 Å². The molecule has 0 radical (unpaired) electrons. The standard InChI is InChI=1S/C24H29FO/c1-3-5-6-18-7-16-23(24(25)17-18)21-10-8-19(9-11-21)20-12-14-22(15-13-20)26-4-2/h3,7-11,16-17,20,22H,1,4-6,12-15H2,2H3. The number of allylic oxidation sites excluding steroid dienone is 1. The van der Waals surface area contributed by atoms with E-state index in [0.29, 0.717) is 17.6 Å². The van der Waals surface area contributed by atoms with E-state index in [9.17, 15) is 4.39 Å². The Hall–Kier alpha value is -1.93. The van der Waals surface area contributed by atoms with Crippen LogP contribution in [0.25, 0.3) is 11.1 Å². The SMILES string of the molecule is C=CCCc1ccc(-c2ccc(C3CCC(OCC)CC3)cc2)c(F)c1. The molecule has 138 valence electrons. The summed E-state index contributed by atoms with van der Waals surface area (Å²) in [6.45, 7) is 6.60. The summed E-state index contributed by atoms with van der Waals surface area (Å²) in [5.41, 5.74) is 4.02. The van der Waals surface area contributed by atoms with E-state index in [0.717, 1.165) is 43.4 Å². The van der Waals surface area contributed by atoms with Crippen LogP contribution in [0.4, 0.5) is 4.39 Å². The lowest BCUT2D eigenvalue weighted by atomic mass is 9.82. The fourth-order valence-electron chi connectivity index (χ4n) is 3.95. The van der Waals surface area contributed by atoms with Gasteiger partial charge in [-0.2, -0.15) is 0 Å². The van der Waals surface area contributed by atoms with E-state index in [2.05, 4.69) is 37.8 Å². The van der Waals surface area contributed by atoms with Crippen molar-refractivity contribution < 1.29 is 9.13 Å². The quantitative estimate of drug-likeness (QED) is 0.505. The van der Waals surface area contributed by atoms with Crippen molar-refractivity contribution in [3.05, 3.63) is 72.1 Å². The maximum atomic E-state index is 14.5. The fourth-order valence-corrected chi connectivity index (χ4v) is 3.95. The van der Waals surface area contributed by atoms with Gasteiger partial charge in [-0.1, -0.05) is 42.5 Å². The summed E-state index contributed by atoms with van der Waals surface area (Å²) in [5, 5.41) is 0. The lowest BCUT2D eigenvalue weighted by molar-refractivity contribution is 0.0328. The first-order valence-corrected chi connectivity index (χ1v) is 9.82. The van der Waals surface area contributed by atoms with E-state index in [1.165, 1.54) is 18.4 Å². The largest absolute Gasteiger partial charge is 0.379 e. The molecule has 0 amide bonds. The molecule has 1 nitrogen and oxygen atoms in total. The Morgan fingerprint density at radius 1 is 1.08 bits per heavy atom. The predicted molar refractivity (Wildman–Crippen MR) is 107 cm³/mol. The van der Waals surface area contributed by atoms with Gasteiger partial charge in [-0.25, -0.2) is 4.39 Å². The molecule has 3 rings (SSSR count). The molecule has 0 unspecified atom stereocenters. The van der Waals surface area contributed by atoms with E-state index in [1.54, 1.807) is 6.07 Å². The Morgan fingerprint density at radius 2 is 1.81 bits per heavy atom. The molecule has 1 fully saturated rings. The molecule has 1 aliphatic carbocycles. The van der Waals surface area contributed by atoms with Gasteiger partial charge < -0.3 is 4.74 Å². The molecule has 2 aromatic rings. The Bertz CT molecular complexity index is 711. The number of aryl methyl sites for hydroxylation is 1. The van der Waals surface area contributed by atoms with Gasteiger partial charge in [0.05, 0.1) is 6.10 Å². The predicted octanol–water partition coefficient (Wildman–Crippen LogP) is 6.67. The van der Waals surface area contributed by atoms with E-state index < -0.39 is 0 Å². The van der Waals surface area contributed by atoms with E-state index >= 15 is 0 Å². The molecule has 0 aromatic heterocycles. The molecule has 0 atom stereocenters. The molecule has 0 spiro atoms. The van der Waals surface area contributed by atoms with Gasteiger partial charge in [-0.15, -0.1) is 6.58 Å². The average Bonchev–Trinajstić information content (AvgIpc) is 2.68. The van der Waals surface area contributed by atoms with Crippen molar-refractivity contribution in [3.63, 3.8) is 0 Å². The minimum Gasteiger partial charge on any atom is -0.379 e. The highest BCUT2D eigenvalue weighted by atomic mass is 19.1. The molecule has 0 heterocycles. The van der Waals surface area contributed by atoms with Crippen LogP contribution in [0.5, 0.6) is 0 Å². The van der Waals surface area contributed by atoms with Crippen molar-refractivity contribution >= 4 is 0 Å². The van der Waals surface area contributed by atoms with Gasteiger partial charge in [0, 0.05) is 12.2 Å². The van der Waals surface area contributed by atoms with Gasteiger partial charge in [-0.05, 0) is 74.1 Å². The number of halogens is 1. The van der Waals surface area contributed by atoms with Crippen LogP contribution in [-0.2, 0) is 11.2 Å². The monoisotopic (exact) mass is 352 g/mol. The number of benzene rings is 2. The molecular weight excluding hydrogens is 323 g/mol. The van der Waals surface area contributed by atoms with E-state index in [1.807, 2.05) is 18.2 Å². The second-order valence-electron chi connectivity index (χ2n) is 7.19. The third-order valence-corrected chi connectivity index (χ3v) is 5.44. The maximum absolute atomic E-state index is 14.5. The molecular formula is C24H29FO. The van der Waals surface area contributed by atoms with Crippen molar-refractivity contribution in [1.29, 1.82) is 0 Å². The number of hydrogen-bond donors (Lipinski definition) is 0. The molecule has 0 N–H and O–H groups in total. The third-order valence-electron chi connectivity index (χ3n) is 5.44. The van der Waals surface area contributed by atoms with Crippen LogP contribution in [0, 0.1) is 5.82 Å². The third kappa shape index (κ3) is 4.62. The number of hydrogen-bond acceptors (Lipinski definition) is 1. The molecule has 0 saturated heterocycles. The molecule has 26 heavy (non-hydrogen) atoms. The fraction of sp³-hybridized carbons (Fsp3) is 0.417.